The Balaban J connectivity index is 1.48. The zero-order valence-electron chi connectivity index (χ0n) is 49.4. The highest BCUT2D eigenvalue weighted by Crippen LogP contribution is 2.49. The first-order chi connectivity index (χ1) is 40.4. The van der Waals surface area contributed by atoms with Gasteiger partial charge in [-0.2, -0.15) is 13.2 Å². The zero-order chi connectivity index (χ0) is 63.4. The summed E-state index contributed by atoms with van der Waals surface area (Å²) in [4.78, 5) is 140. The minimum absolute atomic E-state index is 0.0551. The molecule has 3 unspecified atom stereocenters. The van der Waals surface area contributed by atoms with Crippen LogP contribution >= 0.6 is 0 Å². The molecule has 6 heterocycles. The number of aromatic nitrogens is 4. The predicted molar refractivity (Wildman–Crippen MR) is 308 cm³/mol. The third-order valence-corrected chi connectivity index (χ3v) is 16.5. The molecule has 3 atom stereocenters. The molecule has 5 amide bonds. The standard InChI is InChI=1S/C61H71F3N8O14/c1-10-12-13-14-19-86-36(8)53-33(5)41-21-43-35(7)60(9,18-17-46(73)69(25-47(74)70(27-49(76)77)28-50(78)79)26-48(75)71(29-51(80)81)30-52(82)83)57(68-43)55-56-54(58(84)72(59(55)85)24-37-15-16-38(20-31(37)3)61(62,63)64)34(6)42(67-56)22-44-39(11-2)32(4)40(65-44)23-45(53)66-41/h15-16,20-23,35-36,67-68H,10-14,17-19,24-30H2,1-9H3,(H,76,77)(H,78,79)(H,80,81)(H,82,83). The highest BCUT2D eigenvalue weighted by atomic mass is 19.4. The number of hydrogen-bond donors (Lipinski definition) is 6. The first-order valence-electron chi connectivity index (χ1n) is 28.2. The third kappa shape index (κ3) is 13.8. The van der Waals surface area contributed by atoms with Crippen LogP contribution < -0.4 is 0 Å². The number of alkyl halides is 3. The Morgan fingerprint density at radius 3 is 1.81 bits per heavy atom. The van der Waals surface area contributed by atoms with Gasteiger partial charge in [-0.05, 0) is 118 Å². The maximum atomic E-state index is 15.7. The molecule has 0 saturated heterocycles. The van der Waals surface area contributed by atoms with E-state index in [1.54, 1.807) is 26.0 Å². The summed E-state index contributed by atoms with van der Waals surface area (Å²) in [5, 5.41) is 38.3. The second kappa shape index (κ2) is 26.3. The van der Waals surface area contributed by atoms with E-state index in [4.69, 9.17) is 14.7 Å². The summed E-state index contributed by atoms with van der Waals surface area (Å²) in [6.45, 7) is 9.74. The van der Waals surface area contributed by atoms with Gasteiger partial charge in [0.1, 0.15) is 39.3 Å². The summed E-state index contributed by atoms with van der Waals surface area (Å²) in [5.74, 6) is -12.3. The van der Waals surface area contributed by atoms with Gasteiger partial charge in [-0.3, -0.25) is 48.1 Å². The van der Waals surface area contributed by atoms with Crippen molar-refractivity contribution in [2.24, 2.45) is 0 Å². The first kappa shape index (κ1) is 64.8. The van der Waals surface area contributed by atoms with Crippen LogP contribution in [0, 0.1) is 13.8 Å². The largest absolute Gasteiger partial charge is 0.480 e. The molecule has 0 spiro atoms. The number of carboxylic acid groups (broad SMARTS) is 4. The van der Waals surface area contributed by atoms with E-state index >= 15 is 9.59 Å². The lowest BCUT2D eigenvalue weighted by Gasteiger charge is -2.34. The summed E-state index contributed by atoms with van der Waals surface area (Å²) in [5.41, 5.74) is 5.06. The van der Waals surface area contributed by atoms with Crippen molar-refractivity contribution < 1.29 is 81.5 Å². The summed E-state index contributed by atoms with van der Waals surface area (Å²) in [6.07, 6.45) is -1.55. The number of benzene rings is 1. The van der Waals surface area contributed by atoms with Crippen LogP contribution in [-0.4, -0.2) is 165 Å². The number of rotatable bonds is 25. The number of ether oxygens (including phenoxy) is 1. The molecule has 460 valence electrons. The van der Waals surface area contributed by atoms with Crippen LogP contribution in [0.15, 0.2) is 36.4 Å². The summed E-state index contributed by atoms with van der Waals surface area (Å²) >= 11 is 0. The van der Waals surface area contributed by atoms with Gasteiger partial charge in [0.2, 0.25) is 17.7 Å². The normalized spacial score (nSPS) is 16.5. The summed E-state index contributed by atoms with van der Waals surface area (Å²) in [7, 11) is 0. The Hall–Kier alpha value is -8.74. The molecule has 4 aliphatic heterocycles. The van der Waals surface area contributed by atoms with Gasteiger partial charge < -0.3 is 49.8 Å². The van der Waals surface area contributed by atoms with Crippen LogP contribution in [0.2, 0.25) is 0 Å². The van der Waals surface area contributed by atoms with Crippen molar-refractivity contribution in [2.75, 3.05) is 45.9 Å². The fourth-order valence-corrected chi connectivity index (χ4v) is 11.5. The molecule has 4 aliphatic rings. The summed E-state index contributed by atoms with van der Waals surface area (Å²) in [6, 6.07) is 8.46. The van der Waals surface area contributed by atoms with Crippen LogP contribution in [0.1, 0.15) is 176 Å². The molecular weight excluding hydrogens is 1130 g/mol. The second-order valence-corrected chi connectivity index (χ2v) is 22.3. The van der Waals surface area contributed by atoms with E-state index in [0.29, 0.717) is 67.3 Å². The maximum absolute atomic E-state index is 15.7. The van der Waals surface area contributed by atoms with E-state index in [9.17, 15) is 67.2 Å². The number of carbonyl (C=O) groups is 9. The number of carbonyl (C=O) groups excluding carboxylic acids is 5. The Morgan fingerprint density at radius 2 is 1.27 bits per heavy atom. The van der Waals surface area contributed by atoms with Crippen molar-refractivity contribution in [2.45, 2.75) is 137 Å². The number of fused-ring (bicyclic) bond motifs is 8. The number of amides is 5. The molecule has 0 aliphatic carbocycles. The molecule has 3 aromatic rings. The number of unbranched alkanes of at least 4 members (excludes halogenated alkanes) is 3. The van der Waals surface area contributed by atoms with Gasteiger partial charge >= 0.3 is 30.1 Å². The van der Waals surface area contributed by atoms with Gasteiger partial charge in [0.25, 0.3) is 11.8 Å². The molecule has 0 saturated carbocycles. The molecule has 1 aromatic carbocycles. The Kier molecular flexibility index (Phi) is 19.8. The smallest absolute Gasteiger partial charge is 0.416 e. The molecule has 0 fully saturated rings. The Bertz CT molecular complexity index is 3500. The van der Waals surface area contributed by atoms with Gasteiger partial charge in [-0.1, -0.05) is 53.0 Å². The number of aromatic amines is 2. The molecular formula is C61H71F3N8O14. The third-order valence-electron chi connectivity index (χ3n) is 16.5. The average Bonchev–Trinajstić information content (AvgIpc) is 1.61. The lowest BCUT2D eigenvalue weighted by molar-refractivity contribution is -0.153. The minimum Gasteiger partial charge on any atom is -0.480 e. The van der Waals surface area contributed by atoms with Crippen LogP contribution in [0.4, 0.5) is 13.2 Å². The number of halogens is 3. The SMILES string of the molecule is CCCCCCOC(C)C1=C(C)c2cc3[nH]c(c4c5[nH]c(cc6nc(cc1n2)C(C)=C6CC)c(C)c5C(=O)N(Cc1ccc(C(F)(F)F)cc1C)C4=O)C(C)(CCC(=O)N(CC(=O)N(CC(=O)O)CC(=O)O)CC(=O)N(CC(=O)O)CC(=O)O)C3C. The maximum Gasteiger partial charge on any atom is 0.416 e. The van der Waals surface area contributed by atoms with E-state index in [0.717, 1.165) is 65.0 Å². The second-order valence-electron chi connectivity index (χ2n) is 22.3. The molecule has 8 bridgehead atoms. The number of nitrogens with zero attached hydrogens (tertiary/aromatic N) is 6. The van der Waals surface area contributed by atoms with Crippen molar-refractivity contribution in [3.05, 3.63) is 104 Å². The molecule has 0 radical (unpaired) electrons. The molecule has 25 heteroatoms. The van der Waals surface area contributed by atoms with E-state index < -0.39 is 135 Å². The number of aliphatic carboxylic acids is 4. The van der Waals surface area contributed by atoms with E-state index in [-0.39, 0.29) is 39.9 Å². The lowest BCUT2D eigenvalue weighted by Crippen LogP contribution is -2.51. The van der Waals surface area contributed by atoms with E-state index in [2.05, 4.69) is 16.9 Å². The monoisotopic (exact) mass is 1200 g/mol. The quantitative estimate of drug-likeness (QED) is 0.0343. The minimum atomic E-state index is -4.70. The fourth-order valence-electron chi connectivity index (χ4n) is 11.5. The van der Waals surface area contributed by atoms with Gasteiger partial charge in [-0.25, -0.2) is 9.97 Å². The molecule has 2 aromatic heterocycles. The van der Waals surface area contributed by atoms with Gasteiger partial charge in [0.15, 0.2) is 0 Å². The topological polar surface area (TPSA) is 314 Å². The average molecular weight is 1200 g/mol. The number of H-pyrrole nitrogens is 2. The number of aryl methyl sites for hydroxylation is 2. The van der Waals surface area contributed by atoms with Crippen molar-refractivity contribution in [3.63, 3.8) is 0 Å². The van der Waals surface area contributed by atoms with E-state index in [1.807, 2.05) is 40.7 Å². The molecule has 6 N–H and O–H groups in total. The molecule has 7 rings (SSSR count). The van der Waals surface area contributed by atoms with Gasteiger partial charge in [0, 0.05) is 46.8 Å². The van der Waals surface area contributed by atoms with Gasteiger partial charge in [-0.15, -0.1) is 0 Å². The molecule has 22 nitrogen and oxygen atoms in total. The van der Waals surface area contributed by atoms with Crippen LogP contribution in [0.3, 0.4) is 0 Å². The Labute approximate surface area is 493 Å². The van der Waals surface area contributed by atoms with Crippen molar-refractivity contribution in [1.29, 1.82) is 0 Å². The number of carboxylic acids is 4. The van der Waals surface area contributed by atoms with Crippen LogP contribution in [0.25, 0.3) is 33.3 Å². The molecule has 86 heavy (non-hydrogen) atoms. The number of hydrogen-bond acceptors (Lipinski definition) is 12. The lowest BCUT2D eigenvalue weighted by atomic mass is 9.71. The number of nitrogens with one attached hydrogen (secondary N) is 2. The van der Waals surface area contributed by atoms with E-state index in [1.165, 1.54) is 13.0 Å². The van der Waals surface area contributed by atoms with Crippen LogP contribution in [0.5, 0.6) is 0 Å². The van der Waals surface area contributed by atoms with Crippen LogP contribution in [-0.2, 0) is 56.4 Å². The van der Waals surface area contributed by atoms with Gasteiger partial charge in [0.05, 0.1) is 57.6 Å². The first-order valence-corrected chi connectivity index (χ1v) is 28.2. The zero-order valence-corrected chi connectivity index (χ0v) is 49.4. The van der Waals surface area contributed by atoms with Crippen molar-refractivity contribution in [1.82, 2.24) is 39.5 Å². The highest BCUT2D eigenvalue weighted by molar-refractivity contribution is 6.23. The number of allylic oxidation sites excluding steroid dienone is 3. The van der Waals surface area contributed by atoms with Crippen molar-refractivity contribution in [3.8, 4) is 0 Å². The predicted octanol–water partition coefficient (Wildman–Crippen LogP) is 8.39. The highest BCUT2D eigenvalue weighted by Gasteiger charge is 2.47. The number of imide groups is 1. The fraction of sp³-hybridized carbons (Fsp3) is 0.459. The van der Waals surface area contributed by atoms with Crippen molar-refractivity contribution >= 4 is 86.7 Å². The Morgan fingerprint density at radius 1 is 0.709 bits per heavy atom. The summed E-state index contributed by atoms with van der Waals surface area (Å²) < 4.78 is 48.4.